The van der Waals surface area contributed by atoms with Gasteiger partial charge in [0.2, 0.25) is 5.79 Å². The van der Waals surface area contributed by atoms with Crippen LogP contribution < -0.4 is 0 Å². The molecule has 10 atom stereocenters. The minimum Gasteiger partial charge on any atom is -0.462 e. The molecular formula is C32H46O6. The Morgan fingerprint density at radius 1 is 1.13 bits per heavy atom. The first kappa shape index (κ1) is 26.7. The lowest BCUT2D eigenvalue weighted by atomic mass is 9.38. The molecule has 2 saturated carbocycles. The lowest BCUT2D eigenvalue weighted by Gasteiger charge is -2.66. The second kappa shape index (κ2) is 7.82. The van der Waals surface area contributed by atoms with Crippen molar-refractivity contribution in [3.63, 3.8) is 0 Å². The summed E-state index contributed by atoms with van der Waals surface area (Å²) in [6, 6.07) is 0. The molecule has 0 aromatic rings. The molecule has 6 rings (SSSR count). The number of ether oxygens (including phenoxy) is 3. The Morgan fingerprint density at radius 2 is 1.84 bits per heavy atom. The van der Waals surface area contributed by atoms with Gasteiger partial charge >= 0.3 is 5.97 Å². The number of hydrogen-bond acceptors (Lipinski definition) is 6. The van der Waals surface area contributed by atoms with Crippen molar-refractivity contribution in [2.75, 3.05) is 6.61 Å². The summed E-state index contributed by atoms with van der Waals surface area (Å²) in [6.07, 6.45) is 10.8. The average Bonchev–Trinajstić information content (AvgIpc) is 3.46. The monoisotopic (exact) mass is 526 g/mol. The van der Waals surface area contributed by atoms with Gasteiger partial charge in [0.1, 0.15) is 17.8 Å². The van der Waals surface area contributed by atoms with Crippen LogP contribution in [0.5, 0.6) is 0 Å². The maximum Gasteiger partial charge on any atom is 0.302 e. The first-order valence-electron chi connectivity index (χ1n) is 14.7. The molecule has 4 aliphatic carbocycles. The molecule has 38 heavy (non-hydrogen) atoms. The highest BCUT2D eigenvalue weighted by Crippen LogP contribution is 2.73. The van der Waals surface area contributed by atoms with Crippen molar-refractivity contribution in [2.24, 2.45) is 45.3 Å². The lowest BCUT2D eigenvalue weighted by molar-refractivity contribution is -0.192. The second-order valence-electron chi connectivity index (χ2n) is 15.1. The molecule has 1 N–H and O–H groups in total. The zero-order valence-corrected chi connectivity index (χ0v) is 24.4. The van der Waals surface area contributed by atoms with Crippen LogP contribution in [0.25, 0.3) is 0 Å². The zero-order chi connectivity index (χ0) is 27.7. The number of carbonyl (C=O) groups excluding carboxylic acids is 2. The molecule has 0 amide bonds. The van der Waals surface area contributed by atoms with Crippen molar-refractivity contribution in [1.82, 2.24) is 0 Å². The molecule has 6 heteroatoms. The maximum atomic E-state index is 13.0. The predicted molar refractivity (Wildman–Crippen MR) is 143 cm³/mol. The summed E-state index contributed by atoms with van der Waals surface area (Å²) >= 11 is 0. The molecule has 0 aromatic carbocycles. The highest BCUT2D eigenvalue weighted by molar-refractivity contribution is 5.95. The molecule has 4 fully saturated rings. The first-order valence-corrected chi connectivity index (χ1v) is 14.7. The largest absolute Gasteiger partial charge is 0.462 e. The van der Waals surface area contributed by atoms with Crippen LogP contribution in [0.4, 0.5) is 0 Å². The third kappa shape index (κ3) is 3.23. The summed E-state index contributed by atoms with van der Waals surface area (Å²) in [4.78, 5) is 25.5. The van der Waals surface area contributed by atoms with E-state index in [1.807, 2.05) is 6.08 Å². The van der Waals surface area contributed by atoms with Gasteiger partial charge in [-0.15, -0.1) is 0 Å². The predicted octanol–water partition coefficient (Wildman–Crippen LogP) is 5.38. The van der Waals surface area contributed by atoms with E-state index < -0.39 is 16.8 Å². The number of fused-ring (bicyclic) bond motifs is 6. The Bertz CT molecular complexity index is 1130. The smallest absolute Gasteiger partial charge is 0.302 e. The van der Waals surface area contributed by atoms with E-state index >= 15 is 0 Å². The normalized spacial score (nSPS) is 50.8. The molecule has 2 aliphatic heterocycles. The van der Waals surface area contributed by atoms with Crippen LogP contribution in [-0.2, 0) is 23.8 Å². The SMILES string of the molecule is CC(=O)O[C@@H]1C[C@H]2C(C)(C)C(=O)C=C[C@]2(C)[C@H]2CC[C@]3(C)C(=CC[C@H]3[C@H]3CO[C@@]4(C(C)(C)O)O[C@H]4C3)[C@@]21C. The Labute approximate surface area is 227 Å². The third-order valence-electron chi connectivity index (χ3n) is 12.4. The minimum atomic E-state index is -1.02. The van der Waals surface area contributed by atoms with Crippen LogP contribution in [-0.4, -0.2) is 47.1 Å². The highest BCUT2D eigenvalue weighted by atomic mass is 16.8. The number of rotatable bonds is 3. The molecule has 0 radical (unpaired) electrons. The van der Waals surface area contributed by atoms with Crippen molar-refractivity contribution < 1.29 is 28.9 Å². The van der Waals surface area contributed by atoms with E-state index in [9.17, 15) is 14.7 Å². The van der Waals surface area contributed by atoms with Gasteiger partial charge in [-0.3, -0.25) is 9.59 Å². The van der Waals surface area contributed by atoms with Crippen LogP contribution in [0, 0.1) is 45.3 Å². The molecule has 6 aliphatic rings. The van der Waals surface area contributed by atoms with Gasteiger partial charge in [0.05, 0.1) is 6.61 Å². The van der Waals surface area contributed by atoms with Crippen LogP contribution in [0.2, 0.25) is 0 Å². The Kier molecular flexibility index (Phi) is 5.50. The number of carbonyl (C=O) groups is 2. The number of hydrogen-bond donors (Lipinski definition) is 1. The molecule has 2 saturated heterocycles. The summed E-state index contributed by atoms with van der Waals surface area (Å²) in [7, 11) is 0. The van der Waals surface area contributed by atoms with E-state index in [-0.39, 0.29) is 52.0 Å². The summed E-state index contributed by atoms with van der Waals surface area (Å²) in [5.74, 6) is 0.236. The van der Waals surface area contributed by atoms with E-state index in [0.717, 1.165) is 25.7 Å². The first-order chi connectivity index (χ1) is 17.5. The molecule has 6 nitrogen and oxygen atoms in total. The summed E-state index contributed by atoms with van der Waals surface area (Å²) in [5.41, 5.74) is -0.545. The van der Waals surface area contributed by atoms with Crippen LogP contribution in [0.1, 0.15) is 87.5 Å². The molecule has 0 aromatic heterocycles. The van der Waals surface area contributed by atoms with E-state index in [1.54, 1.807) is 13.8 Å². The van der Waals surface area contributed by atoms with Crippen molar-refractivity contribution >= 4 is 11.8 Å². The second-order valence-corrected chi connectivity index (χ2v) is 15.1. The van der Waals surface area contributed by atoms with Gasteiger partial charge in [-0.05, 0) is 86.5 Å². The molecule has 2 heterocycles. The standard InChI is InChI=1S/C32H46O6/c1-18(33)37-25-16-23-27(2,3)24(34)12-14-30(23,7)22-11-13-29(6)20(9-10-21(29)31(22,25)8)19-15-26-32(38-26,36-17-19)28(4,5)35/h10,12,14,19-20,22-23,25-26,35H,9,11,13,15-17H2,1-8H3/t19-,20+,22-,23+,25-,26+,29+,30-,31+,32-/m1/s1. The van der Waals surface area contributed by atoms with E-state index in [4.69, 9.17) is 14.2 Å². The summed E-state index contributed by atoms with van der Waals surface area (Å²) in [6.45, 7) is 16.9. The lowest BCUT2D eigenvalue weighted by Crippen LogP contribution is -2.64. The Morgan fingerprint density at radius 3 is 2.47 bits per heavy atom. The van der Waals surface area contributed by atoms with E-state index in [2.05, 4.69) is 46.8 Å². The van der Waals surface area contributed by atoms with Gasteiger partial charge in [-0.1, -0.05) is 52.3 Å². The van der Waals surface area contributed by atoms with E-state index in [1.165, 1.54) is 12.5 Å². The van der Waals surface area contributed by atoms with Crippen molar-refractivity contribution in [3.8, 4) is 0 Å². The van der Waals surface area contributed by atoms with Gasteiger partial charge < -0.3 is 19.3 Å². The Balaban J connectivity index is 1.35. The zero-order valence-electron chi connectivity index (χ0n) is 24.4. The quantitative estimate of drug-likeness (QED) is 0.302. The fourth-order valence-electron chi connectivity index (χ4n) is 10.4. The average molecular weight is 527 g/mol. The topological polar surface area (TPSA) is 85.4 Å². The van der Waals surface area contributed by atoms with Crippen LogP contribution in [0.15, 0.2) is 23.8 Å². The van der Waals surface area contributed by atoms with Crippen molar-refractivity contribution in [1.29, 1.82) is 0 Å². The summed E-state index contributed by atoms with van der Waals surface area (Å²) < 4.78 is 18.5. The number of esters is 1. The van der Waals surface area contributed by atoms with Gasteiger partial charge in [0.15, 0.2) is 5.78 Å². The number of ketones is 1. The third-order valence-corrected chi connectivity index (χ3v) is 12.4. The molecule has 0 bridgehead atoms. The van der Waals surface area contributed by atoms with Gasteiger partial charge in [0, 0.05) is 17.8 Å². The fourth-order valence-corrected chi connectivity index (χ4v) is 10.4. The number of aliphatic hydroxyl groups is 1. The maximum absolute atomic E-state index is 13.0. The molecular weight excluding hydrogens is 480 g/mol. The highest BCUT2D eigenvalue weighted by Gasteiger charge is 2.72. The molecule has 210 valence electrons. The van der Waals surface area contributed by atoms with Gasteiger partial charge in [-0.25, -0.2) is 0 Å². The van der Waals surface area contributed by atoms with Gasteiger partial charge in [0.25, 0.3) is 0 Å². The van der Waals surface area contributed by atoms with Crippen molar-refractivity contribution in [3.05, 3.63) is 23.8 Å². The van der Waals surface area contributed by atoms with E-state index in [0.29, 0.717) is 24.9 Å². The summed E-state index contributed by atoms with van der Waals surface area (Å²) in [5, 5.41) is 10.6. The minimum absolute atomic E-state index is 0.0196. The van der Waals surface area contributed by atoms with Crippen molar-refractivity contribution in [2.45, 2.75) is 111 Å². The Hall–Kier alpha value is -1.50. The molecule has 0 spiro atoms. The van der Waals surface area contributed by atoms with Gasteiger partial charge in [-0.2, -0.15) is 0 Å². The van der Waals surface area contributed by atoms with Crippen LogP contribution >= 0.6 is 0 Å². The fraction of sp³-hybridized carbons (Fsp3) is 0.812. The molecule has 0 unspecified atom stereocenters. The number of allylic oxidation sites excluding steroid dienone is 3. The number of epoxide rings is 1. The van der Waals surface area contributed by atoms with Crippen LogP contribution in [0.3, 0.4) is 0 Å².